The van der Waals surface area contributed by atoms with Crippen molar-refractivity contribution in [1.29, 1.82) is 0 Å². The number of rotatable bonds is 5. The van der Waals surface area contributed by atoms with Gasteiger partial charge in [0, 0.05) is 32.7 Å². The van der Waals surface area contributed by atoms with Gasteiger partial charge in [-0.15, -0.1) is 0 Å². The summed E-state index contributed by atoms with van der Waals surface area (Å²) in [6.07, 6.45) is 5.42. The number of nitrogens with one attached hydrogen (secondary N) is 1. The predicted octanol–water partition coefficient (Wildman–Crippen LogP) is 2.42. The SMILES string of the molecule is CCNC(=NCC(C)CN1CCCC1)N1CCCC(C)C1. The fraction of sp³-hybridized carbons (Fsp3) is 0.941. The molecule has 4 nitrogen and oxygen atoms in total. The standard InChI is InChI=1S/C17H34N4/c1-4-18-17(21-11-7-8-15(2)14-21)19-12-16(3)13-20-9-5-6-10-20/h15-16H,4-14H2,1-3H3,(H,18,19). The summed E-state index contributed by atoms with van der Waals surface area (Å²) in [5.41, 5.74) is 0. The average Bonchev–Trinajstić information content (AvgIpc) is 2.96. The lowest BCUT2D eigenvalue weighted by atomic mass is 10.0. The number of hydrogen-bond donors (Lipinski definition) is 1. The molecule has 0 aromatic heterocycles. The molecule has 0 spiro atoms. The van der Waals surface area contributed by atoms with E-state index < -0.39 is 0 Å². The van der Waals surface area contributed by atoms with E-state index in [1.807, 2.05) is 0 Å². The van der Waals surface area contributed by atoms with Crippen molar-refractivity contribution in [3.8, 4) is 0 Å². The lowest BCUT2D eigenvalue weighted by Gasteiger charge is -2.33. The summed E-state index contributed by atoms with van der Waals surface area (Å²) < 4.78 is 0. The summed E-state index contributed by atoms with van der Waals surface area (Å²) in [7, 11) is 0. The first kappa shape index (κ1) is 16.6. The van der Waals surface area contributed by atoms with Crippen LogP contribution in [0.3, 0.4) is 0 Å². The van der Waals surface area contributed by atoms with E-state index in [0.717, 1.165) is 38.1 Å². The van der Waals surface area contributed by atoms with Gasteiger partial charge in [-0.25, -0.2) is 0 Å². The van der Waals surface area contributed by atoms with Crippen molar-refractivity contribution >= 4 is 5.96 Å². The highest BCUT2D eigenvalue weighted by Gasteiger charge is 2.20. The zero-order valence-corrected chi connectivity index (χ0v) is 14.3. The lowest BCUT2D eigenvalue weighted by Crippen LogP contribution is -2.46. The van der Waals surface area contributed by atoms with Gasteiger partial charge in [0.25, 0.3) is 0 Å². The van der Waals surface area contributed by atoms with Crippen LogP contribution in [0.2, 0.25) is 0 Å². The smallest absolute Gasteiger partial charge is 0.193 e. The molecular formula is C17H34N4. The minimum Gasteiger partial charge on any atom is -0.357 e. The maximum absolute atomic E-state index is 4.92. The molecule has 2 unspecified atom stereocenters. The molecule has 0 saturated carbocycles. The van der Waals surface area contributed by atoms with Crippen LogP contribution in [-0.4, -0.2) is 61.6 Å². The monoisotopic (exact) mass is 294 g/mol. The fourth-order valence-corrected chi connectivity index (χ4v) is 3.51. The third-order valence-electron chi connectivity index (χ3n) is 4.61. The Hall–Kier alpha value is -0.770. The van der Waals surface area contributed by atoms with Gasteiger partial charge in [-0.1, -0.05) is 13.8 Å². The van der Waals surface area contributed by atoms with Crippen LogP contribution >= 0.6 is 0 Å². The Kier molecular flexibility index (Phi) is 6.81. The molecule has 122 valence electrons. The Morgan fingerprint density at radius 3 is 2.67 bits per heavy atom. The summed E-state index contributed by atoms with van der Waals surface area (Å²) in [6, 6.07) is 0. The Labute approximate surface area is 131 Å². The topological polar surface area (TPSA) is 30.9 Å². The first-order valence-corrected chi connectivity index (χ1v) is 8.94. The number of aliphatic imine (C=N–C) groups is 1. The third kappa shape index (κ3) is 5.50. The summed E-state index contributed by atoms with van der Waals surface area (Å²) >= 11 is 0. The molecule has 2 rings (SSSR count). The van der Waals surface area contributed by atoms with Crippen LogP contribution in [0, 0.1) is 11.8 Å². The van der Waals surface area contributed by atoms with Gasteiger partial charge < -0.3 is 15.1 Å². The highest BCUT2D eigenvalue weighted by Crippen LogP contribution is 2.16. The van der Waals surface area contributed by atoms with Crippen LogP contribution in [0.1, 0.15) is 46.5 Å². The summed E-state index contributed by atoms with van der Waals surface area (Å²) in [5.74, 6) is 2.58. The molecule has 2 aliphatic heterocycles. The summed E-state index contributed by atoms with van der Waals surface area (Å²) in [4.78, 5) is 9.97. The molecule has 2 atom stereocenters. The van der Waals surface area contributed by atoms with Gasteiger partial charge in [-0.05, 0) is 57.5 Å². The minimum absolute atomic E-state index is 0.652. The Morgan fingerprint density at radius 2 is 2.00 bits per heavy atom. The Balaban J connectivity index is 1.83. The molecule has 0 aromatic rings. The van der Waals surface area contributed by atoms with Crippen LogP contribution in [0.15, 0.2) is 4.99 Å². The average molecular weight is 294 g/mol. The van der Waals surface area contributed by atoms with E-state index >= 15 is 0 Å². The second kappa shape index (κ2) is 8.62. The number of hydrogen-bond acceptors (Lipinski definition) is 2. The number of piperidine rings is 1. The van der Waals surface area contributed by atoms with Crippen molar-refractivity contribution in [2.24, 2.45) is 16.8 Å². The molecule has 0 bridgehead atoms. The predicted molar refractivity (Wildman–Crippen MR) is 90.8 cm³/mol. The second-order valence-corrected chi connectivity index (χ2v) is 7.00. The van der Waals surface area contributed by atoms with Gasteiger partial charge >= 0.3 is 0 Å². The molecule has 0 amide bonds. The molecule has 0 radical (unpaired) electrons. The Morgan fingerprint density at radius 1 is 1.24 bits per heavy atom. The van der Waals surface area contributed by atoms with Gasteiger partial charge in [0.2, 0.25) is 0 Å². The van der Waals surface area contributed by atoms with E-state index in [9.17, 15) is 0 Å². The molecule has 0 aliphatic carbocycles. The van der Waals surface area contributed by atoms with Crippen molar-refractivity contribution in [3.63, 3.8) is 0 Å². The zero-order chi connectivity index (χ0) is 15.1. The highest BCUT2D eigenvalue weighted by atomic mass is 15.3. The van der Waals surface area contributed by atoms with Gasteiger partial charge in [0.05, 0.1) is 0 Å². The number of guanidine groups is 1. The van der Waals surface area contributed by atoms with Crippen molar-refractivity contribution < 1.29 is 0 Å². The van der Waals surface area contributed by atoms with E-state index in [1.165, 1.54) is 45.3 Å². The van der Waals surface area contributed by atoms with Crippen molar-refractivity contribution in [2.45, 2.75) is 46.5 Å². The van der Waals surface area contributed by atoms with Crippen molar-refractivity contribution in [1.82, 2.24) is 15.1 Å². The van der Waals surface area contributed by atoms with Gasteiger partial charge in [0.15, 0.2) is 5.96 Å². The maximum atomic E-state index is 4.92. The molecule has 2 aliphatic rings. The van der Waals surface area contributed by atoms with E-state index in [4.69, 9.17) is 4.99 Å². The van der Waals surface area contributed by atoms with Crippen molar-refractivity contribution in [2.75, 3.05) is 45.8 Å². The number of likely N-dealkylation sites (tertiary alicyclic amines) is 2. The fourth-order valence-electron chi connectivity index (χ4n) is 3.51. The van der Waals surface area contributed by atoms with E-state index in [-0.39, 0.29) is 0 Å². The zero-order valence-electron chi connectivity index (χ0n) is 14.3. The van der Waals surface area contributed by atoms with Crippen LogP contribution in [-0.2, 0) is 0 Å². The van der Waals surface area contributed by atoms with Crippen molar-refractivity contribution in [3.05, 3.63) is 0 Å². The van der Waals surface area contributed by atoms with Crippen LogP contribution in [0.4, 0.5) is 0 Å². The molecular weight excluding hydrogens is 260 g/mol. The second-order valence-electron chi connectivity index (χ2n) is 7.00. The van der Waals surface area contributed by atoms with E-state index in [2.05, 4.69) is 35.9 Å². The first-order chi connectivity index (χ1) is 10.2. The van der Waals surface area contributed by atoms with Gasteiger partial charge in [-0.3, -0.25) is 4.99 Å². The van der Waals surface area contributed by atoms with Crippen LogP contribution in [0.5, 0.6) is 0 Å². The summed E-state index contributed by atoms with van der Waals surface area (Å²) in [5, 5.41) is 3.48. The van der Waals surface area contributed by atoms with Gasteiger partial charge in [0.1, 0.15) is 0 Å². The third-order valence-corrected chi connectivity index (χ3v) is 4.61. The number of nitrogens with zero attached hydrogens (tertiary/aromatic N) is 3. The highest BCUT2D eigenvalue weighted by molar-refractivity contribution is 5.80. The minimum atomic E-state index is 0.652. The molecule has 2 saturated heterocycles. The molecule has 2 heterocycles. The first-order valence-electron chi connectivity index (χ1n) is 8.94. The van der Waals surface area contributed by atoms with Crippen LogP contribution in [0.25, 0.3) is 0 Å². The summed E-state index contributed by atoms with van der Waals surface area (Å²) in [6.45, 7) is 14.9. The molecule has 0 aromatic carbocycles. The maximum Gasteiger partial charge on any atom is 0.193 e. The molecule has 21 heavy (non-hydrogen) atoms. The molecule has 4 heteroatoms. The molecule has 1 N–H and O–H groups in total. The normalized spacial score (nSPS) is 26.1. The largest absolute Gasteiger partial charge is 0.357 e. The van der Waals surface area contributed by atoms with Crippen LogP contribution < -0.4 is 5.32 Å². The van der Waals surface area contributed by atoms with E-state index in [1.54, 1.807) is 0 Å². The molecule has 2 fully saturated rings. The lowest BCUT2D eigenvalue weighted by molar-refractivity contribution is 0.263. The van der Waals surface area contributed by atoms with Gasteiger partial charge in [-0.2, -0.15) is 0 Å². The Bertz CT molecular complexity index is 323. The van der Waals surface area contributed by atoms with E-state index in [0.29, 0.717) is 5.92 Å². The quantitative estimate of drug-likeness (QED) is 0.624.